The van der Waals surface area contributed by atoms with Crippen molar-refractivity contribution in [3.8, 4) is 16.9 Å². The quantitative estimate of drug-likeness (QED) is 0.272. The van der Waals surface area contributed by atoms with Crippen LogP contribution in [0.15, 0.2) is 61.1 Å². The number of carbonyl (C=O) groups is 1. The molecule has 0 saturated carbocycles. The normalized spacial score (nSPS) is 14.5. The van der Waals surface area contributed by atoms with Gasteiger partial charge in [-0.25, -0.2) is 4.98 Å². The second-order valence-electron chi connectivity index (χ2n) is 8.93. The number of benzene rings is 2. The third kappa shape index (κ3) is 4.04. The van der Waals surface area contributed by atoms with Gasteiger partial charge in [-0.2, -0.15) is 0 Å². The van der Waals surface area contributed by atoms with E-state index in [2.05, 4.69) is 25.3 Å². The SMILES string of the molecule is O=C(CNc1[nH]c(=S)n(-c2ccc3nc[nH]c3c2)c1-c1ccnc2ccccc12)N1CCC(O)CC1. The van der Waals surface area contributed by atoms with E-state index in [9.17, 15) is 9.90 Å². The molecule has 6 rings (SSSR count). The lowest BCUT2D eigenvalue weighted by Crippen LogP contribution is -2.42. The van der Waals surface area contributed by atoms with Crippen LogP contribution in [0.3, 0.4) is 0 Å². The Morgan fingerprint density at radius 1 is 1.11 bits per heavy atom. The van der Waals surface area contributed by atoms with Crippen molar-refractivity contribution in [2.75, 3.05) is 25.0 Å². The first-order chi connectivity index (χ1) is 17.6. The fourth-order valence-electron chi connectivity index (χ4n) is 4.82. The number of aromatic amines is 2. The molecule has 1 aliphatic rings. The summed E-state index contributed by atoms with van der Waals surface area (Å²) in [6.45, 7) is 1.23. The van der Waals surface area contributed by atoms with E-state index in [1.54, 1.807) is 17.4 Å². The molecule has 1 amide bonds. The Hall–Kier alpha value is -4.02. The Kier molecular flexibility index (Phi) is 5.74. The number of rotatable bonds is 5. The summed E-state index contributed by atoms with van der Waals surface area (Å²) in [4.78, 5) is 30.0. The Morgan fingerprint density at radius 2 is 1.94 bits per heavy atom. The number of aromatic nitrogens is 5. The molecule has 0 atom stereocenters. The summed E-state index contributed by atoms with van der Waals surface area (Å²) in [5.41, 5.74) is 5.26. The third-order valence-electron chi connectivity index (χ3n) is 6.70. The number of anilines is 1. The first-order valence-electron chi connectivity index (χ1n) is 11.9. The van der Waals surface area contributed by atoms with Crippen molar-refractivity contribution in [2.24, 2.45) is 0 Å². The van der Waals surface area contributed by atoms with Crippen LogP contribution in [0.5, 0.6) is 0 Å². The molecule has 1 aliphatic heterocycles. The third-order valence-corrected chi connectivity index (χ3v) is 6.98. The highest BCUT2D eigenvalue weighted by atomic mass is 32.1. The summed E-state index contributed by atoms with van der Waals surface area (Å²) in [6.07, 6.45) is 4.33. The predicted molar refractivity (Wildman–Crippen MR) is 142 cm³/mol. The van der Waals surface area contributed by atoms with Crippen LogP contribution >= 0.6 is 12.2 Å². The highest BCUT2D eigenvalue weighted by Crippen LogP contribution is 2.35. The number of imidazole rings is 2. The molecule has 1 fully saturated rings. The molecule has 182 valence electrons. The first-order valence-corrected chi connectivity index (χ1v) is 12.3. The zero-order chi connectivity index (χ0) is 24.6. The molecule has 36 heavy (non-hydrogen) atoms. The van der Waals surface area contributed by atoms with Gasteiger partial charge in [0.25, 0.3) is 0 Å². The van der Waals surface area contributed by atoms with Crippen molar-refractivity contribution in [3.63, 3.8) is 0 Å². The van der Waals surface area contributed by atoms with Crippen LogP contribution < -0.4 is 5.32 Å². The molecule has 1 saturated heterocycles. The summed E-state index contributed by atoms with van der Waals surface area (Å²) < 4.78 is 2.47. The van der Waals surface area contributed by atoms with Crippen LogP contribution in [0.25, 0.3) is 38.9 Å². The van der Waals surface area contributed by atoms with E-state index in [1.807, 2.05) is 53.1 Å². The minimum absolute atomic E-state index is 0.0154. The minimum atomic E-state index is -0.328. The van der Waals surface area contributed by atoms with Gasteiger partial charge in [0.15, 0.2) is 4.77 Å². The summed E-state index contributed by atoms with van der Waals surface area (Å²) >= 11 is 5.79. The highest BCUT2D eigenvalue weighted by Gasteiger charge is 2.23. The van der Waals surface area contributed by atoms with Crippen LogP contribution in [0.2, 0.25) is 0 Å². The summed E-state index contributed by atoms with van der Waals surface area (Å²) in [6, 6.07) is 15.9. The number of carbonyl (C=O) groups excluding carboxylic acids is 1. The zero-order valence-corrected chi connectivity index (χ0v) is 20.3. The molecule has 4 heterocycles. The average molecular weight is 500 g/mol. The summed E-state index contributed by atoms with van der Waals surface area (Å²) in [5, 5.41) is 14.1. The number of para-hydroxylation sites is 1. The molecule has 0 unspecified atom stereocenters. The lowest BCUT2D eigenvalue weighted by Gasteiger charge is -2.29. The Labute approximate surface area is 211 Å². The lowest BCUT2D eigenvalue weighted by molar-refractivity contribution is -0.131. The van der Waals surface area contributed by atoms with E-state index in [0.717, 1.165) is 38.9 Å². The standard InChI is InChI=1S/C26H25N7O2S/c34-17-8-11-32(12-9-17)23(35)14-28-25-24(19-7-10-27-20-4-2-1-3-18(19)20)33(26(36)31-25)16-5-6-21-22(13-16)30-15-29-21/h1-7,10,13,15,17,28,34H,8-9,11-12,14H2,(H,29,30)(H,31,36). The monoisotopic (exact) mass is 499 g/mol. The maximum absolute atomic E-state index is 12.9. The molecule has 0 aliphatic carbocycles. The molecule has 0 bridgehead atoms. The number of pyridine rings is 1. The first kappa shape index (κ1) is 22.4. The molecule has 5 aromatic rings. The van der Waals surface area contributed by atoms with Crippen molar-refractivity contribution >= 4 is 45.9 Å². The number of piperidine rings is 1. The van der Waals surface area contributed by atoms with E-state index in [0.29, 0.717) is 36.5 Å². The van der Waals surface area contributed by atoms with Crippen molar-refractivity contribution in [1.82, 2.24) is 29.4 Å². The van der Waals surface area contributed by atoms with Crippen LogP contribution in [0.1, 0.15) is 12.8 Å². The molecule has 2 aromatic carbocycles. The van der Waals surface area contributed by atoms with Gasteiger partial charge in [-0.1, -0.05) is 18.2 Å². The fraction of sp³-hybridized carbons (Fsp3) is 0.231. The second kappa shape index (κ2) is 9.21. The average Bonchev–Trinajstić information content (AvgIpc) is 3.50. The largest absolute Gasteiger partial charge is 0.393 e. The fourth-order valence-corrected chi connectivity index (χ4v) is 5.12. The van der Waals surface area contributed by atoms with Gasteiger partial charge in [0.05, 0.1) is 46.9 Å². The molecule has 0 spiro atoms. The number of amides is 1. The number of likely N-dealkylation sites (tertiary alicyclic amines) is 1. The molecule has 10 heteroatoms. The molecular weight excluding hydrogens is 474 g/mol. The van der Waals surface area contributed by atoms with Gasteiger partial charge in [0, 0.05) is 30.2 Å². The molecular formula is C26H25N7O2S. The zero-order valence-electron chi connectivity index (χ0n) is 19.4. The maximum atomic E-state index is 12.9. The van der Waals surface area contributed by atoms with Gasteiger partial charge in [-0.3, -0.25) is 14.3 Å². The minimum Gasteiger partial charge on any atom is -0.393 e. The number of aliphatic hydroxyl groups is 1. The number of fused-ring (bicyclic) bond motifs is 2. The number of nitrogens with zero attached hydrogens (tertiary/aromatic N) is 4. The number of hydrogen-bond donors (Lipinski definition) is 4. The van der Waals surface area contributed by atoms with Crippen molar-refractivity contribution in [3.05, 3.63) is 65.8 Å². The van der Waals surface area contributed by atoms with Crippen LogP contribution in [0.4, 0.5) is 5.82 Å². The van der Waals surface area contributed by atoms with E-state index in [1.165, 1.54) is 0 Å². The van der Waals surface area contributed by atoms with Crippen LogP contribution in [0, 0.1) is 4.77 Å². The number of aliphatic hydroxyl groups excluding tert-OH is 1. The van der Waals surface area contributed by atoms with Gasteiger partial charge in [0.1, 0.15) is 5.82 Å². The molecule has 3 aromatic heterocycles. The summed E-state index contributed by atoms with van der Waals surface area (Å²) in [5.74, 6) is 0.643. The van der Waals surface area contributed by atoms with Crippen molar-refractivity contribution in [1.29, 1.82) is 0 Å². The molecule has 0 radical (unpaired) electrons. The Balaban J connectivity index is 1.45. The van der Waals surface area contributed by atoms with Gasteiger partial charge >= 0.3 is 0 Å². The number of hydrogen-bond acceptors (Lipinski definition) is 6. The predicted octanol–water partition coefficient (Wildman–Crippen LogP) is 4.02. The van der Waals surface area contributed by atoms with Crippen LogP contribution in [-0.4, -0.2) is 66.2 Å². The van der Waals surface area contributed by atoms with E-state index < -0.39 is 0 Å². The van der Waals surface area contributed by atoms with Crippen molar-refractivity contribution in [2.45, 2.75) is 18.9 Å². The van der Waals surface area contributed by atoms with E-state index in [-0.39, 0.29) is 18.6 Å². The molecule has 4 N–H and O–H groups in total. The van der Waals surface area contributed by atoms with Gasteiger partial charge in [0.2, 0.25) is 5.91 Å². The Bertz CT molecular complexity index is 1620. The lowest BCUT2D eigenvalue weighted by atomic mass is 10.1. The second-order valence-corrected chi connectivity index (χ2v) is 9.32. The topological polar surface area (TPSA) is 115 Å². The summed E-state index contributed by atoms with van der Waals surface area (Å²) in [7, 11) is 0. The van der Waals surface area contributed by atoms with Gasteiger partial charge < -0.3 is 25.3 Å². The van der Waals surface area contributed by atoms with Gasteiger partial charge in [-0.05, 0) is 55.4 Å². The molecule has 9 nitrogen and oxygen atoms in total. The van der Waals surface area contributed by atoms with Gasteiger partial charge in [-0.15, -0.1) is 0 Å². The Morgan fingerprint density at radius 3 is 2.81 bits per heavy atom. The van der Waals surface area contributed by atoms with E-state index in [4.69, 9.17) is 12.2 Å². The van der Waals surface area contributed by atoms with Crippen LogP contribution in [-0.2, 0) is 4.79 Å². The van der Waals surface area contributed by atoms with Crippen molar-refractivity contribution < 1.29 is 9.90 Å². The van der Waals surface area contributed by atoms with E-state index >= 15 is 0 Å². The maximum Gasteiger partial charge on any atom is 0.241 e. The number of nitrogens with one attached hydrogen (secondary N) is 3. The smallest absolute Gasteiger partial charge is 0.241 e. The highest BCUT2D eigenvalue weighted by molar-refractivity contribution is 7.71. The number of H-pyrrole nitrogens is 2.